The highest BCUT2D eigenvalue weighted by molar-refractivity contribution is 7.19. The van der Waals surface area contributed by atoms with Crippen LogP contribution in [-0.4, -0.2) is 87.2 Å². The van der Waals surface area contributed by atoms with Gasteiger partial charge in [0.25, 0.3) is 0 Å². The molecule has 2 fully saturated rings. The summed E-state index contributed by atoms with van der Waals surface area (Å²) in [5, 5.41) is 14.6. The van der Waals surface area contributed by atoms with Crippen molar-refractivity contribution >= 4 is 22.0 Å². The van der Waals surface area contributed by atoms with Gasteiger partial charge in [-0.05, 0) is 31.7 Å². The average molecular weight is 523 g/mol. The van der Waals surface area contributed by atoms with E-state index >= 15 is 0 Å². The SMILES string of the molecule is COc1cc(-c2[nH]nc(-c3nc(C)c(N4CCN(C5CCOCC5)CC4)s3)c2C(C)C)cn2ncnc12. The molecule has 2 aliphatic rings. The lowest BCUT2D eigenvalue weighted by Crippen LogP contribution is -2.51. The van der Waals surface area contributed by atoms with E-state index in [9.17, 15) is 0 Å². The fourth-order valence-corrected chi connectivity index (χ4v) is 6.73. The van der Waals surface area contributed by atoms with Crippen LogP contribution in [0.2, 0.25) is 0 Å². The van der Waals surface area contributed by atoms with Gasteiger partial charge in [-0.3, -0.25) is 10.00 Å². The fourth-order valence-electron chi connectivity index (χ4n) is 5.60. The smallest absolute Gasteiger partial charge is 0.197 e. The Hall–Kier alpha value is -3.02. The van der Waals surface area contributed by atoms with Gasteiger partial charge in [0.1, 0.15) is 22.0 Å². The van der Waals surface area contributed by atoms with Crippen molar-refractivity contribution in [1.29, 1.82) is 0 Å². The maximum atomic E-state index is 5.59. The molecule has 0 aliphatic carbocycles. The number of nitrogens with one attached hydrogen (secondary N) is 1. The first-order chi connectivity index (χ1) is 18.0. The average Bonchev–Trinajstić information content (AvgIpc) is 3.66. The van der Waals surface area contributed by atoms with Crippen LogP contribution < -0.4 is 9.64 Å². The van der Waals surface area contributed by atoms with Gasteiger partial charge in [-0.15, -0.1) is 0 Å². The molecular weight excluding hydrogens is 488 g/mol. The maximum absolute atomic E-state index is 5.59. The van der Waals surface area contributed by atoms with E-state index in [-0.39, 0.29) is 5.92 Å². The Labute approximate surface area is 220 Å². The van der Waals surface area contributed by atoms with E-state index in [1.54, 1.807) is 23.0 Å². The fraction of sp³-hybridized carbons (Fsp3) is 0.538. The Morgan fingerprint density at radius 1 is 1.16 bits per heavy atom. The largest absolute Gasteiger partial charge is 0.493 e. The first-order valence-electron chi connectivity index (χ1n) is 13.0. The van der Waals surface area contributed by atoms with Crippen LogP contribution in [0.5, 0.6) is 5.75 Å². The minimum absolute atomic E-state index is 0.247. The number of H-pyrrole nitrogens is 1. The zero-order valence-corrected chi connectivity index (χ0v) is 22.7. The number of piperazine rings is 1. The maximum Gasteiger partial charge on any atom is 0.197 e. The third-order valence-electron chi connectivity index (χ3n) is 7.51. The van der Waals surface area contributed by atoms with Crippen LogP contribution in [0.25, 0.3) is 27.6 Å². The van der Waals surface area contributed by atoms with Crippen molar-refractivity contribution in [2.45, 2.75) is 45.6 Å². The number of rotatable bonds is 6. The van der Waals surface area contributed by atoms with Gasteiger partial charge in [-0.2, -0.15) is 10.2 Å². The lowest BCUT2D eigenvalue weighted by molar-refractivity contribution is 0.0321. The second kappa shape index (κ2) is 10.0. The lowest BCUT2D eigenvalue weighted by atomic mass is 9.97. The van der Waals surface area contributed by atoms with E-state index < -0.39 is 0 Å². The number of aromatic nitrogens is 6. The van der Waals surface area contributed by atoms with Crippen molar-refractivity contribution in [1.82, 2.24) is 34.7 Å². The molecule has 0 saturated carbocycles. The minimum atomic E-state index is 0.247. The molecule has 0 radical (unpaired) electrons. The molecule has 4 aromatic rings. The zero-order valence-electron chi connectivity index (χ0n) is 21.9. The van der Waals surface area contributed by atoms with Gasteiger partial charge in [0, 0.05) is 62.8 Å². The summed E-state index contributed by atoms with van der Waals surface area (Å²) in [7, 11) is 1.65. The van der Waals surface area contributed by atoms with Crippen molar-refractivity contribution in [3.8, 4) is 27.7 Å². The molecule has 10 nitrogen and oxygen atoms in total. The predicted octanol–water partition coefficient (Wildman–Crippen LogP) is 3.98. The second-order valence-electron chi connectivity index (χ2n) is 10.1. The number of nitrogens with zero attached hydrogens (tertiary/aromatic N) is 7. The number of thiazole rings is 1. The molecule has 0 atom stereocenters. The van der Waals surface area contributed by atoms with Gasteiger partial charge in [-0.1, -0.05) is 25.2 Å². The number of methoxy groups -OCH3 is 1. The van der Waals surface area contributed by atoms with E-state index in [0.29, 0.717) is 17.4 Å². The molecule has 11 heteroatoms. The highest BCUT2D eigenvalue weighted by atomic mass is 32.1. The molecule has 6 heterocycles. The monoisotopic (exact) mass is 522 g/mol. The number of pyridine rings is 1. The van der Waals surface area contributed by atoms with Gasteiger partial charge in [0.2, 0.25) is 0 Å². The normalized spacial score (nSPS) is 17.8. The van der Waals surface area contributed by atoms with Crippen LogP contribution in [0.3, 0.4) is 0 Å². The molecular formula is C26H34N8O2S. The Kier molecular flexibility index (Phi) is 6.60. The summed E-state index contributed by atoms with van der Waals surface area (Å²) in [6.45, 7) is 12.5. The van der Waals surface area contributed by atoms with E-state index in [1.807, 2.05) is 12.3 Å². The summed E-state index contributed by atoms with van der Waals surface area (Å²) >= 11 is 1.75. The van der Waals surface area contributed by atoms with Gasteiger partial charge in [0.05, 0.1) is 18.5 Å². The molecule has 0 aromatic carbocycles. The summed E-state index contributed by atoms with van der Waals surface area (Å²) < 4.78 is 12.9. The van der Waals surface area contributed by atoms with E-state index in [2.05, 4.69) is 45.8 Å². The van der Waals surface area contributed by atoms with Crippen LogP contribution >= 0.6 is 11.3 Å². The lowest BCUT2D eigenvalue weighted by Gasteiger charge is -2.41. The topological polar surface area (TPSA) is 96.7 Å². The van der Waals surface area contributed by atoms with Crippen molar-refractivity contribution in [3.05, 3.63) is 29.8 Å². The molecule has 0 bridgehead atoms. The minimum Gasteiger partial charge on any atom is -0.493 e. The quantitative estimate of drug-likeness (QED) is 0.406. The first kappa shape index (κ1) is 24.3. The molecule has 0 unspecified atom stereocenters. The van der Waals surface area contributed by atoms with Gasteiger partial charge < -0.3 is 14.4 Å². The number of aryl methyl sites for hydroxylation is 1. The highest BCUT2D eigenvalue weighted by Gasteiger charge is 2.29. The molecule has 196 valence electrons. The van der Waals surface area contributed by atoms with Gasteiger partial charge in [-0.25, -0.2) is 14.5 Å². The summed E-state index contributed by atoms with van der Waals surface area (Å²) in [6.07, 6.45) is 5.80. The molecule has 4 aromatic heterocycles. The van der Waals surface area contributed by atoms with E-state index in [0.717, 1.165) is 85.5 Å². The molecule has 1 N–H and O–H groups in total. The van der Waals surface area contributed by atoms with Crippen LogP contribution in [0.4, 0.5) is 5.00 Å². The summed E-state index contributed by atoms with van der Waals surface area (Å²) in [5.74, 6) is 0.921. The third kappa shape index (κ3) is 4.49. The second-order valence-corrected chi connectivity index (χ2v) is 11.1. The summed E-state index contributed by atoms with van der Waals surface area (Å²) in [4.78, 5) is 14.4. The number of aromatic amines is 1. The van der Waals surface area contributed by atoms with Crippen molar-refractivity contribution in [3.63, 3.8) is 0 Å². The van der Waals surface area contributed by atoms with Crippen LogP contribution in [0.15, 0.2) is 18.6 Å². The van der Waals surface area contributed by atoms with Gasteiger partial charge in [0.15, 0.2) is 11.4 Å². The van der Waals surface area contributed by atoms with Crippen molar-refractivity contribution < 1.29 is 9.47 Å². The molecule has 37 heavy (non-hydrogen) atoms. The third-order valence-corrected chi connectivity index (χ3v) is 8.74. The zero-order chi connectivity index (χ0) is 25.5. The molecule has 2 aliphatic heterocycles. The number of hydrogen-bond donors (Lipinski definition) is 1. The van der Waals surface area contributed by atoms with Crippen LogP contribution in [-0.2, 0) is 4.74 Å². The number of fused-ring (bicyclic) bond motifs is 1. The molecule has 6 rings (SSSR count). The Morgan fingerprint density at radius 3 is 2.68 bits per heavy atom. The van der Waals surface area contributed by atoms with Crippen molar-refractivity contribution in [2.24, 2.45) is 0 Å². The molecule has 0 spiro atoms. The highest BCUT2D eigenvalue weighted by Crippen LogP contribution is 2.41. The Morgan fingerprint density at radius 2 is 1.95 bits per heavy atom. The van der Waals surface area contributed by atoms with Crippen LogP contribution in [0, 0.1) is 6.92 Å². The number of anilines is 1. The summed E-state index contributed by atoms with van der Waals surface area (Å²) in [5.41, 5.74) is 5.74. The number of hydrogen-bond acceptors (Lipinski definition) is 9. The van der Waals surface area contributed by atoms with Gasteiger partial charge >= 0.3 is 0 Å². The molecule has 0 amide bonds. The van der Waals surface area contributed by atoms with E-state index in [4.69, 9.17) is 19.6 Å². The van der Waals surface area contributed by atoms with Crippen LogP contribution in [0.1, 0.15) is 43.9 Å². The van der Waals surface area contributed by atoms with Crippen molar-refractivity contribution in [2.75, 3.05) is 51.4 Å². The summed E-state index contributed by atoms with van der Waals surface area (Å²) in [6, 6.07) is 2.66. The Bertz CT molecular complexity index is 1380. The first-order valence-corrected chi connectivity index (χ1v) is 13.9. The predicted molar refractivity (Wildman–Crippen MR) is 145 cm³/mol. The van der Waals surface area contributed by atoms with E-state index in [1.165, 1.54) is 11.3 Å². The number of ether oxygens (including phenoxy) is 2. The molecule has 2 saturated heterocycles. The Balaban J connectivity index is 1.28. The standard InChI is InChI=1S/C26H34N8O2S/c1-16(2)21-22(18-13-20(35-4)24-27-15-28-34(24)14-18)30-31-23(21)25-29-17(3)26(37-25)33-9-7-32(8-10-33)19-5-11-36-12-6-19/h13-16,19H,5-12H2,1-4H3,(H,30,31).